The molecule has 1 aromatic rings. The Morgan fingerprint density at radius 1 is 1.12 bits per heavy atom. The molecule has 0 radical (unpaired) electrons. The first-order chi connectivity index (χ1) is 11.5. The molecule has 26 heavy (non-hydrogen) atoms. The van der Waals surface area contributed by atoms with Crippen molar-refractivity contribution in [3.63, 3.8) is 0 Å². The molecule has 0 aliphatic heterocycles. The van der Waals surface area contributed by atoms with Crippen molar-refractivity contribution in [1.29, 1.82) is 0 Å². The number of likely N-dealkylation sites (N-methyl/N-ethyl adjacent to an activating group) is 1. The second kappa shape index (κ2) is 14.8. The van der Waals surface area contributed by atoms with Crippen LogP contribution in [0.3, 0.4) is 0 Å². The van der Waals surface area contributed by atoms with Gasteiger partial charge in [-0.05, 0) is 50.7 Å². The van der Waals surface area contributed by atoms with Gasteiger partial charge in [0, 0.05) is 36.8 Å². The second-order valence-electron chi connectivity index (χ2n) is 5.92. The fourth-order valence-corrected chi connectivity index (χ4v) is 2.26. The Kier molecular flexibility index (Phi) is 15.3. The molecule has 0 fully saturated rings. The largest absolute Gasteiger partial charge is 0.351 e. The topological polar surface area (TPSA) is 87.5 Å². The minimum Gasteiger partial charge on any atom is -0.351 e. The van der Waals surface area contributed by atoms with Crippen molar-refractivity contribution in [3.05, 3.63) is 29.8 Å². The summed E-state index contributed by atoms with van der Waals surface area (Å²) in [6.07, 6.45) is 1.05. The molecule has 0 bridgehead atoms. The first-order valence-corrected chi connectivity index (χ1v) is 8.62. The van der Waals surface area contributed by atoms with E-state index in [0.717, 1.165) is 19.6 Å². The minimum atomic E-state index is -0.100. The lowest BCUT2D eigenvalue weighted by Crippen LogP contribution is -2.34. The van der Waals surface area contributed by atoms with Gasteiger partial charge in [-0.25, -0.2) is 0 Å². The van der Waals surface area contributed by atoms with E-state index in [0.29, 0.717) is 30.6 Å². The summed E-state index contributed by atoms with van der Waals surface area (Å²) >= 11 is 0. The molecule has 0 aliphatic rings. The van der Waals surface area contributed by atoms with Crippen LogP contribution in [0.15, 0.2) is 24.3 Å². The van der Waals surface area contributed by atoms with Gasteiger partial charge in [0.25, 0.3) is 5.91 Å². The van der Waals surface area contributed by atoms with Gasteiger partial charge in [0.05, 0.1) is 0 Å². The number of anilines is 1. The minimum absolute atomic E-state index is 0. The van der Waals surface area contributed by atoms with Crippen molar-refractivity contribution < 1.29 is 9.59 Å². The van der Waals surface area contributed by atoms with Crippen molar-refractivity contribution in [2.45, 2.75) is 39.7 Å². The third-order valence-electron chi connectivity index (χ3n) is 3.87. The van der Waals surface area contributed by atoms with Crippen LogP contribution in [-0.4, -0.2) is 48.9 Å². The molecular formula is C18H32Cl2N4O2. The van der Waals surface area contributed by atoms with Crippen LogP contribution in [0.1, 0.15) is 44.0 Å². The molecule has 4 N–H and O–H groups in total. The van der Waals surface area contributed by atoms with Crippen LogP contribution >= 0.6 is 24.8 Å². The Balaban J connectivity index is 0. The Bertz CT molecular complexity index is 520. The van der Waals surface area contributed by atoms with Gasteiger partial charge in [0.1, 0.15) is 0 Å². The molecule has 0 spiro atoms. The van der Waals surface area contributed by atoms with E-state index in [4.69, 9.17) is 5.73 Å². The molecular weight excluding hydrogens is 375 g/mol. The summed E-state index contributed by atoms with van der Waals surface area (Å²) in [4.78, 5) is 26.1. The monoisotopic (exact) mass is 406 g/mol. The number of amides is 2. The molecule has 1 unspecified atom stereocenters. The van der Waals surface area contributed by atoms with E-state index < -0.39 is 0 Å². The summed E-state index contributed by atoms with van der Waals surface area (Å²) in [5, 5.41) is 5.71. The highest BCUT2D eigenvalue weighted by atomic mass is 35.5. The molecule has 6 nitrogen and oxygen atoms in total. The van der Waals surface area contributed by atoms with E-state index in [-0.39, 0.29) is 42.7 Å². The average Bonchev–Trinajstić information content (AvgIpc) is 2.57. The Labute approximate surface area is 169 Å². The van der Waals surface area contributed by atoms with E-state index in [1.807, 2.05) is 6.92 Å². The number of carbonyl (C=O) groups is 2. The zero-order chi connectivity index (χ0) is 17.9. The van der Waals surface area contributed by atoms with Crippen LogP contribution in [0.2, 0.25) is 0 Å². The lowest BCUT2D eigenvalue weighted by Gasteiger charge is -2.18. The molecule has 1 atom stereocenters. The predicted octanol–water partition coefficient (Wildman–Crippen LogP) is 2.67. The van der Waals surface area contributed by atoms with E-state index in [1.165, 1.54) is 0 Å². The maximum Gasteiger partial charge on any atom is 0.251 e. The van der Waals surface area contributed by atoms with Crippen LogP contribution in [0.25, 0.3) is 0 Å². The number of hydrogen-bond donors (Lipinski definition) is 3. The first-order valence-electron chi connectivity index (χ1n) is 8.62. The third-order valence-corrected chi connectivity index (χ3v) is 3.87. The molecule has 0 aliphatic carbocycles. The number of nitrogens with two attached hydrogens (primary N) is 1. The number of halogens is 2. The van der Waals surface area contributed by atoms with Crippen LogP contribution < -0.4 is 16.4 Å². The van der Waals surface area contributed by atoms with Gasteiger partial charge in [-0.1, -0.05) is 13.8 Å². The summed E-state index contributed by atoms with van der Waals surface area (Å²) in [6, 6.07) is 6.92. The smallest absolute Gasteiger partial charge is 0.251 e. The van der Waals surface area contributed by atoms with Gasteiger partial charge in [-0.2, -0.15) is 0 Å². The van der Waals surface area contributed by atoms with Crippen molar-refractivity contribution in [2.75, 3.05) is 31.5 Å². The van der Waals surface area contributed by atoms with Crippen molar-refractivity contribution in [3.8, 4) is 0 Å². The fraction of sp³-hybridized carbons (Fsp3) is 0.556. The first kappa shape index (κ1) is 26.9. The van der Waals surface area contributed by atoms with Crippen LogP contribution in [0.5, 0.6) is 0 Å². The average molecular weight is 407 g/mol. The highest BCUT2D eigenvalue weighted by Gasteiger charge is 2.08. The van der Waals surface area contributed by atoms with Gasteiger partial charge in [-0.3, -0.25) is 9.59 Å². The number of carbonyl (C=O) groups excluding carboxylic acids is 2. The van der Waals surface area contributed by atoms with E-state index in [2.05, 4.69) is 29.4 Å². The molecule has 0 aromatic heterocycles. The summed E-state index contributed by atoms with van der Waals surface area (Å²) in [7, 11) is 0. The highest BCUT2D eigenvalue weighted by molar-refractivity contribution is 5.95. The summed E-state index contributed by atoms with van der Waals surface area (Å²) in [6.45, 7) is 9.50. The maximum atomic E-state index is 12.1. The number of rotatable bonds is 10. The molecule has 0 heterocycles. The molecule has 1 rings (SSSR count). The molecule has 8 heteroatoms. The summed E-state index contributed by atoms with van der Waals surface area (Å²) in [5.74, 6) is -0.166. The molecule has 0 saturated heterocycles. The van der Waals surface area contributed by atoms with Crippen molar-refractivity contribution >= 4 is 42.3 Å². The lowest BCUT2D eigenvalue weighted by molar-refractivity contribution is -0.116. The SMILES string of the molecule is CCN(CC)CCNC(=O)c1ccc(NC(=O)CCC(C)N)cc1.Cl.Cl. The van der Waals surface area contributed by atoms with Gasteiger partial charge in [0.2, 0.25) is 5.91 Å². The Hall–Kier alpha value is -1.34. The van der Waals surface area contributed by atoms with E-state index >= 15 is 0 Å². The lowest BCUT2D eigenvalue weighted by atomic mass is 10.1. The van der Waals surface area contributed by atoms with Crippen molar-refractivity contribution in [2.24, 2.45) is 5.73 Å². The van der Waals surface area contributed by atoms with Crippen LogP contribution in [0.4, 0.5) is 5.69 Å². The Morgan fingerprint density at radius 2 is 1.69 bits per heavy atom. The summed E-state index contributed by atoms with van der Waals surface area (Å²) < 4.78 is 0. The van der Waals surface area contributed by atoms with Crippen molar-refractivity contribution in [1.82, 2.24) is 10.2 Å². The number of benzene rings is 1. The van der Waals surface area contributed by atoms with Crippen LogP contribution in [0, 0.1) is 0 Å². The third kappa shape index (κ3) is 10.6. The molecule has 150 valence electrons. The number of hydrogen-bond acceptors (Lipinski definition) is 4. The maximum absolute atomic E-state index is 12.1. The predicted molar refractivity (Wildman–Crippen MR) is 113 cm³/mol. The van der Waals surface area contributed by atoms with E-state index in [1.54, 1.807) is 24.3 Å². The van der Waals surface area contributed by atoms with Gasteiger partial charge < -0.3 is 21.3 Å². The number of nitrogens with zero attached hydrogens (tertiary/aromatic N) is 1. The standard InChI is InChI=1S/C18H30N4O2.2ClH/c1-4-22(5-2)13-12-20-18(24)15-7-9-16(10-8-15)21-17(23)11-6-14(3)19;;/h7-10,14H,4-6,11-13,19H2,1-3H3,(H,20,24)(H,21,23);2*1H. The van der Waals surface area contributed by atoms with Gasteiger partial charge in [-0.15, -0.1) is 24.8 Å². The van der Waals surface area contributed by atoms with Gasteiger partial charge >= 0.3 is 0 Å². The molecule has 0 saturated carbocycles. The second-order valence-corrected chi connectivity index (χ2v) is 5.92. The van der Waals surface area contributed by atoms with E-state index in [9.17, 15) is 9.59 Å². The fourth-order valence-electron chi connectivity index (χ4n) is 2.26. The molecule has 1 aromatic carbocycles. The molecule has 2 amide bonds. The Morgan fingerprint density at radius 3 is 2.19 bits per heavy atom. The van der Waals surface area contributed by atoms with Gasteiger partial charge in [0.15, 0.2) is 0 Å². The zero-order valence-electron chi connectivity index (χ0n) is 15.8. The summed E-state index contributed by atoms with van der Waals surface area (Å²) in [5.41, 5.74) is 6.91. The normalized spacial score (nSPS) is 11.1. The quantitative estimate of drug-likeness (QED) is 0.557. The number of nitrogens with one attached hydrogen (secondary N) is 2. The van der Waals surface area contributed by atoms with Crippen LogP contribution in [-0.2, 0) is 4.79 Å². The highest BCUT2D eigenvalue weighted by Crippen LogP contribution is 2.10. The zero-order valence-corrected chi connectivity index (χ0v) is 17.4.